The minimum Gasteiger partial charge on any atom is -0.497 e. The van der Waals surface area contributed by atoms with E-state index in [9.17, 15) is 9.18 Å². The molecule has 140 valence electrons. The molecule has 7 heteroatoms. The number of hydrogen-bond donors (Lipinski definition) is 0. The Morgan fingerprint density at radius 1 is 1.37 bits per heavy atom. The number of ether oxygens (including phenoxy) is 2. The maximum atomic E-state index is 13.6. The van der Waals surface area contributed by atoms with E-state index in [2.05, 4.69) is 4.98 Å². The van der Waals surface area contributed by atoms with Gasteiger partial charge in [-0.25, -0.2) is 9.37 Å². The molecule has 0 radical (unpaired) electrons. The third-order valence-electron chi connectivity index (χ3n) is 4.54. The van der Waals surface area contributed by atoms with Crippen LogP contribution in [0.3, 0.4) is 0 Å². The summed E-state index contributed by atoms with van der Waals surface area (Å²) in [6.07, 6.45) is 1.83. The van der Waals surface area contributed by atoms with Crippen molar-refractivity contribution in [3.8, 4) is 5.75 Å². The van der Waals surface area contributed by atoms with Crippen LogP contribution in [0.1, 0.15) is 23.2 Å². The second kappa shape index (κ2) is 7.62. The summed E-state index contributed by atoms with van der Waals surface area (Å²) in [6, 6.07) is 11.4. The molecule has 1 atom stereocenters. The lowest BCUT2D eigenvalue weighted by Crippen LogP contribution is -2.37. The topological polar surface area (TPSA) is 51.7 Å². The van der Waals surface area contributed by atoms with Gasteiger partial charge in [0, 0.05) is 18.2 Å². The smallest absolute Gasteiger partial charge is 0.260 e. The maximum absolute atomic E-state index is 13.6. The quantitative estimate of drug-likeness (QED) is 0.657. The highest BCUT2D eigenvalue weighted by molar-refractivity contribution is 7.22. The summed E-state index contributed by atoms with van der Waals surface area (Å²) in [5.74, 6) is -0.00976. The van der Waals surface area contributed by atoms with Gasteiger partial charge >= 0.3 is 0 Å². The third-order valence-corrected chi connectivity index (χ3v) is 5.60. The normalized spacial score (nSPS) is 16.6. The van der Waals surface area contributed by atoms with Crippen LogP contribution in [0.4, 0.5) is 9.52 Å². The summed E-state index contributed by atoms with van der Waals surface area (Å²) in [7, 11) is 1.60. The van der Waals surface area contributed by atoms with Crippen molar-refractivity contribution in [2.24, 2.45) is 0 Å². The first kappa shape index (κ1) is 17.9. The summed E-state index contributed by atoms with van der Waals surface area (Å²) >= 11 is 1.42. The molecule has 2 aromatic carbocycles. The Hall–Kier alpha value is -2.51. The monoisotopic (exact) mass is 386 g/mol. The second-order valence-electron chi connectivity index (χ2n) is 6.39. The zero-order chi connectivity index (χ0) is 18.8. The fourth-order valence-electron chi connectivity index (χ4n) is 3.15. The summed E-state index contributed by atoms with van der Waals surface area (Å²) in [5, 5.41) is 0.572. The van der Waals surface area contributed by atoms with Crippen molar-refractivity contribution in [2.75, 3.05) is 25.2 Å². The number of nitrogens with zero attached hydrogens (tertiary/aromatic N) is 2. The van der Waals surface area contributed by atoms with E-state index < -0.39 is 5.82 Å². The highest BCUT2D eigenvalue weighted by Crippen LogP contribution is 2.32. The van der Waals surface area contributed by atoms with Crippen LogP contribution in [0.15, 0.2) is 42.5 Å². The number of anilines is 1. The van der Waals surface area contributed by atoms with Gasteiger partial charge < -0.3 is 9.47 Å². The van der Waals surface area contributed by atoms with Crippen LogP contribution in [0.2, 0.25) is 0 Å². The first-order valence-electron chi connectivity index (χ1n) is 8.77. The Kier molecular flexibility index (Phi) is 5.05. The SMILES string of the molecule is COc1ccc2sc(N(CC3CCCO3)C(=O)c3cccc(F)c3)nc2c1. The molecule has 2 heterocycles. The molecule has 0 spiro atoms. The molecule has 4 rings (SSSR count). The summed E-state index contributed by atoms with van der Waals surface area (Å²) in [4.78, 5) is 19.4. The Labute approximate surface area is 160 Å². The van der Waals surface area contributed by atoms with Crippen molar-refractivity contribution in [3.05, 3.63) is 53.8 Å². The van der Waals surface area contributed by atoms with Crippen LogP contribution in [0.25, 0.3) is 10.2 Å². The Morgan fingerprint density at radius 2 is 2.26 bits per heavy atom. The van der Waals surface area contributed by atoms with Crippen LogP contribution in [0, 0.1) is 5.82 Å². The van der Waals surface area contributed by atoms with Crippen LogP contribution in [-0.2, 0) is 4.74 Å². The second-order valence-corrected chi connectivity index (χ2v) is 7.40. The molecule has 27 heavy (non-hydrogen) atoms. The first-order chi connectivity index (χ1) is 13.1. The van der Waals surface area contributed by atoms with Crippen LogP contribution in [0.5, 0.6) is 5.75 Å². The Bertz CT molecular complexity index is 969. The molecule has 3 aromatic rings. The van der Waals surface area contributed by atoms with Gasteiger partial charge in [0.25, 0.3) is 5.91 Å². The maximum Gasteiger partial charge on any atom is 0.260 e. The zero-order valence-electron chi connectivity index (χ0n) is 14.9. The van der Waals surface area contributed by atoms with E-state index in [0.717, 1.165) is 23.1 Å². The zero-order valence-corrected chi connectivity index (χ0v) is 15.7. The van der Waals surface area contributed by atoms with Crippen molar-refractivity contribution < 1.29 is 18.7 Å². The van der Waals surface area contributed by atoms with Crippen molar-refractivity contribution in [3.63, 3.8) is 0 Å². The summed E-state index contributed by atoms with van der Waals surface area (Å²) in [5.41, 5.74) is 1.06. The van der Waals surface area contributed by atoms with Gasteiger partial charge in [0.05, 0.1) is 30.0 Å². The molecule has 0 N–H and O–H groups in total. The molecule has 1 aliphatic rings. The molecule has 1 unspecified atom stereocenters. The van der Waals surface area contributed by atoms with Crippen LogP contribution >= 0.6 is 11.3 Å². The van der Waals surface area contributed by atoms with E-state index in [0.29, 0.717) is 29.6 Å². The lowest BCUT2D eigenvalue weighted by molar-refractivity contribution is 0.0917. The number of rotatable bonds is 5. The van der Waals surface area contributed by atoms with E-state index in [1.807, 2.05) is 18.2 Å². The number of aromatic nitrogens is 1. The van der Waals surface area contributed by atoms with Crippen molar-refractivity contribution in [2.45, 2.75) is 18.9 Å². The lowest BCUT2D eigenvalue weighted by atomic mass is 10.1. The molecule has 1 aromatic heterocycles. The van der Waals surface area contributed by atoms with Gasteiger partial charge in [0.15, 0.2) is 5.13 Å². The molecular weight excluding hydrogens is 367 g/mol. The molecule has 1 aliphatic heterocycles. The number of carbonyl (C=O) groups is 1. The van der Waals surface area contributed by atoms with E-state index in [1.165, 1.54) is 29.5 Å². The average Bonchev–Trinajstić information content (AvgIpc) is 3.34. The van der Waals surface area contributed by atoms with E-state index in [4.69, 9.17) is 9.47 Å². The number of hydrogen-bond acceptors (Lipinski definition) is 5. The number of methoxy groups -OCH3 is 1. The van der Waals surface area contributed by atoms with Crippen LogP contribution in [-0.4, -0.2) is 37.3 Å². The number of benzene rings is 2. The average molecular weight is 386 g/mol. The number of halogens is 1. The van der Waals surface area contributed by atoms with Crippen molar-refractivity contribution >= 4 is 32.6 Å². The summed E-state index contributed by atoms with van der Waals surface area (Å²) in [6.45, 7) is 1.09. The van der Waals surface area contributed by atoms with Gasteiger partial charge in [-0.2, -0.15) is 0 Å². The number of thiazole rings is 1. The van der Waals surface area contributed by atoms with Gasteiger partial charge in [-0.3, -0.25) is 9.69 Å². The Morgan fingerprint density at radius 3 is 3.00 bits per heavy atom. The molecule has 5 nitrogen and oxygen atoms in total. The molecule has 1 saturated heterocycles. The summed E-state index contributed by atoms with van der Waals surface area (Å²) < 4.78 is 25.5. The largest absolute Gasteiger partial charge is 0.497 e. The first-order valence-corrected chi connectivity index (χ1v) is 9.59. The number of fused-ring (bicyclic) bond motifs is 1. The van der Waals surface area contributed by atoms with Gasteiger partial charge in [-0.15, -0.1) is 0 Å². The third kappa shape index (κ3) is 3.79. The molecule has 0 aliphatic carbocycles. The molecule has 1 amide bonds. The van der Waals surface area contributed by atoms with Gasteiger partial charge in [0.2, 0.25) is 0 Å². The molecular formula is C20H19FN2O3S. The highest BCUT2D eigenvalue weighted by atomic mass is 32.1. The molecule has 0 bridgehead atoms. The van der Waals surface area contributed by atoms with Crippen molar-refractivity contribution in [1.29, 1.82) is 0 Å². The lowest BCUT2D eigenvalue weighted by Gasteiger charge is -2.23. The number of carbonyl (C=O) groups excluding carboxylic acids is 1. The fourth-order valence-corrected chi connectivity index (χ4v) is 4.11. The van der Waals surface area contributed by atoms with E-state index in [1.54, 1.807) is 18.1 Å². The van der Waals surface area contributed by atoms with Gasteiger partial charge in [-0.05, 0) is 43.2 Å². The Balaban J connectivity index is 1.71. The fraction of sp³-hybridized carbons (Fsp3) is 0.300. The molecule has 0 saturated carbocycles. The van der Waals surface area contributed by atoms with Crippen molar-refractivity contribution in [1.82, 2.24) is 4.98 Å². The molecule has 1 fully saturated rings. The van der Waals surface area contributed by atoms with E-state index >= 15 is 0 Å². The standard InChI is InChI=1S/C20H19FN2O3S/c1-25-15-7-8-18-17(11-15)22-20(27-18)23(12-16-6-3-9-26-16)19(24)13-4-2-5-14(21)10-13/h2,4-5,7-8,10-11,16H,3,6,9,12H2,1H3. The minimum atomic E-state index is -0.438. The number of amides is 1. The predicted octanol–water partition coefficient (Wildman–Crippen LogP) is 4.27. The van der Waals surface area contributed by atoms with Gasteiger partial charge in [0.1, 0.15) is 11.6 Å². The highest BCUT2D eigenvalue weighted by Gasteiger charge is 2.27. The predicted molar refractivity (Wildman–Crippen MR) is 103 cm³/mol. The van der Waals surface area contributed by atoms with Crippen LogP contribution < -0.4 is 9.64 Å². The van der Waals surface area contributed by atoms with Gasteiger partial charge in [-0.1, -0.05) is 17.4 Å². The van der Waals surface area contributed by atoms with E-state index in [-0.39, 0.29) is 12.0 Å². The minimum absolute atomic E-state index is 0.0379.